The Kier molecular flexibility index (Phi) is 3.86. The van der Waals surface area contributed by atoms with E-state index in [1.54, 1.807) is 0 Å². The summed E-state index contributed by atoms with van der Waals surface area (Å²) in [6, 6.07) is 6.28. The van der Waals surface area contributed by atoms with E-state index in [2.05, 4.69) is 43.7 Å². The minimum absolute atomic E-state index is 0. The van der Waals surface area contributed by atoms with Crippen LogP contribution >= 0.6 is 0 Å². The van der Waals surface area contributed by atoms with E-state index in [0.717, 1.165) is 0 Å². The van der Waals surface area contributed by atoms with E-state index >= 15 is 0 Å². The monoisotopic (exact) mass is 249 g/mol. The summed E-state index contributed by atoms with van der Waals surface area (Å²) in [5, 5.41) is 0. The zero-order valence-corrected chi connectivity index (χ0v) is 8.71. The topological polar surface area (TPSA) is 3.88 Å². The van der Waals surface area contributed by atoms with Crippen LogP contribution in [0.1, 0.15) is 11.4 Å². The number of rotatable bonds is 0. The van der Waals surface area contributed by atoms with E-state index in [4.69, 9.17) is 0 Å². The Balaban J connectivity index is 0.000000810. The van der Waals surface area contributed by atoms with Crippen molar-refractivity contribution in [3.05, 3.63) is 29.6 Å². The molecule has 0 atom stereocenters. The number of halogens is 1. The summed E-state index contributed by atoms with van der Waals surface area (Å²) in [4.78, 5) is 0. The summed E-state index contributed by atoms with van der Waals surface area (Å²) in [6.45, 7) is 4.21. The fourth-order valence-corrected chi connectivity index (χ4v) is 0.828. The lowest BCUT2D eigenvalue weighted by molar-refractivity contribution is -0.683. The average molecular weight is 249 g/mol. The van der Waals surface area contributed by atoms with Gasteiger partial charge in [0.2, 0.25) is 0 Å². The maximum Gasteiger partial charge on any atom is 0.178 e. The van der Waals surface area contributed by atoms with E-state index in [0.29, 0.717) is 0 Å². The zero-order chi connectivity index (χ0) is 6.85. The minimum Gasteiger partial charge on any atom is -1.00 e. The van der Waals surface area contributed by atoms with Crippen molar-refractivity contribution in [2.45, 2.75) is 13.8 Å². The smallest absolute Gasteiger partial charge is 0.178 e. The summed E-state index contributed by atoms with van der Waals surface area (Å²) < 4.78 is 2.17. The molecule has 0 radical (unpaired) electrons. The van der Waals surface area contributed by atoms with Gasteiger partial charge in [-0.25, -0.2) is 4.57 Å². The molecule has 0 aromatic carbocycles. The molecule has 10 heavy (non-hydrogen) atoms. The molecule has 0 fully saturated rings. The van der Waals surface area contributed by atoms with E-state index in [1.807, 2.05) is 0 Å². The standard InChI is InChI=1S/C8H12N.HI/c1-7-5-4-6-8(2)9(7)3;/h4-6H,1-3H3;1H/q+1;/p-1. The van der Waals surface area contributed by atoms with Crippen LogP contribution in [0.15, 0.2) is 18.2 Å². The van der Waals surface area contributed by atoms with Crippen LogP contribution in [0.3, 0.4) is 0 Å². The van der Waals surface area contributed by atoms with Crippen molar-refractivity contribution in [1.29, 1.82) is 0 Å². The molecular formula is C8H12IN. The Morgan fingerprint density at radius 3 is 1.80 bits per heavy atom. The van der Waals surface area contributed by atoms with Crippen molar-refractivity contribution in [2.24, 2.45) is 7.05 Å². The first-order chi connectivity index (χ1) is 4.22. The molecule has 1 aromatic heterocycles. The average Bonchev–Trinajstić information content (AvgIpc) is 1.83. The lowest BCUT2D eigenvalue weighted by atomic mass is 10.3. The SMILES string of the molecule is Cc1cccc(C)[n+]1C.[I-]. The Morgan fingerprint density at radius 1 is 1.10 bits per heavy atom. The van der Waals surface area contributed by atoms with Gasteiger partial charge in [0.15, 0.2) is 11.4 Å². The highest BCUT2D eigenvalue weighted by Gasteiger charge is 2.00. The van der Waals surface area contributed by atoms with Gasteiger partial charge in [0.05, 0.1) is 0 Å². The van der Waals surface area contributed by atoms with Crippen LogP contribution in [-0.4, -0.2) is 0 Å². The highest BCUT2D eigenvalue weighted by atomic mass is 127. The molecule has 0 spiro atoms. The largest absolute Gasteiger partial charge is 1.00 e. The van der Waals surface area contributed by atoms with Gasteiger partial charge in [0.1, 0.15) is 7.05 Å². The molecule has 1 aromatic rings. The lowest BCUT2D eigenvalue weighted by Crippen LogP contribution is -3.00. The van der Waals surface area contributed by atoms with Crippen LogP contribution in [0.2, 0.25) is 0 Å². The Hall–Kier alpha value is -0.120. The first-order valence-corrected chi connectivity index (χ1v) is 3.14. The van der Waals surface area contributed by atoms with E-state index < -0.39 is 0 Å². The third-order valence-corrected chi connectivity index (χ3v) is 1.73. The van der Waals surface area contributed by atoms with Crippen molar-refractivity contribution in [3.8, 4) is 0 Å². The van der Waals surface area contributed by atoms with Gasteiger partial charge < -0.3 is 24.0 Å². The summed E-state index contributed by atoms with van der Waals surface area (Å²) in [5.41, 5.74) is 2.60. The fourth-order valence-electron chi connectivity index (χ4n) is 0.828. The van der Waals surface area contributed by atoms with Crippen LogP contribution in [0.5, 0.6) is 0 Å². The van der Waals surface area contributed by atoms with Gasteiger partial charge in [-0.05, 0) is 6.07 Å². The van der Waals surface area contributed by atoms with Crippen LogP contribution < -0.4 is 28.5 Å². The van der Waals surface area contributed by atoms with Gasteiger partial charge >= 0.3 is 0 Å². The third kappa shape index (κ3) is 1.94. The molecular weight excluding hydrogens is 237 g/mol. The van der Waals surface area contributed by atoms with Gasteiger partial charge in [-0.2, -0.15) is 0 Å². The maximum absolute atomic E-state index is 2.17. The predicted molar refractivity (Wildman–Crippen MR) is 37.1 cm³/mol. The van der Waals surface area contributed by atoms with Crippen LogP contribution in [0.4, 0.5) is 0 Å². The first-order valence-electron chi connectivity index (χ1n) is 3.14. The van der Waals surface area contributed by atoms with E-state index in [9.17, 15) is 0 Å². The number of hydrogen-bond acceptors (Lipinski definition) is 0. The highest BCUT2D eigenvalue weighted by molar-refractivity contribution is 5.00. The fraction of sp³-hybridized carbons (Fsp3) is 0.375. The van der Waals surface area contributed by atoms with Gasteiger partial charge in [-0.3, -0.25) is 0 Å². The highest BCUT2D eigenvalue weighted by Crippen LogP contribution is 1.90. The number of aryl methyl sites for hydroxylation is 2. The molecule has 1 rings (SSSR count). The van der Waals surface area contributed by atoms with Crippen LogP contribution in [-0.2, 0) is 7.05 Å². The van der Waals surface area contributed by atoms with Gasteiger partial charge in [0.25, 0.3) is 0 Å². The Morgan fingerprint density at radius 2 is 1.50 bits per heavy atom. The zero-order valence-electron chi connectivity index (χ0n) is 6.56. The number of hydrogen-bond donors (Lipinski definition) is 0. The van der Waals surface area contributed by atoms with E-state index in [1.165, 1.54) is 11.4 Å². The molecule has 0 amide bonds. The summed E-state index contributed by atoms with van der Waals surface area (Å²) in [6.07, 6.45) is 0. The molecule has 2 heteroatoms. The van der Waals surface area contributed by atoms with E-state index in [-0.39, 0.29) is 24.0 Å². The molecule has 0 aliphatic carbocycles. The van der Waals surface area contributed by atoms with Crippen molar-refractivity contribution >= 4 is 0 Å². The second kappa shape index (κ2) is 3.91. The predicted octanol–water partition coefficient (Wildman–Crippen LogP) is -1.87. The molecule has 0 saturated heterocycles. The number of nitrogens with zero attached hydrogens (tertiary/aromatic N) is 1. The van der Waals surface area contributed by atoms with Crippen molar-refractivity contribution < 1.29 is 28.5 Å². The molecule has 0 aliphatic heterocycles. The molecule has 1 heterocycles. The summed E-state index contributed by atoms with van der Waals surface area (Å²) in [5.74, 6) is 0. The van der Waals surface area contributed by atoms with Crippen LogP contribution in [0, 0.1) is 13.8 Å². The number of pyridine rings is 1. The molecule has 0 N–H and O–H groups in total. The lowest BCUT2D eigenvalue weighted by Gasteiger charge is -1.94. The summed E-state index contributed by atoms with van der Waals surface area (Å²) >= 11 is 0. The second-order valence-corrected chi connectivity index (χ2v) is 2.37. The molecule has 56 valence electrons. The third-order valence-electron chi connectivity index (χ3n) is 1.73. The maximum atomic E-state index is 2.17. The molecule has 0 bridgehead atoms. The Labute approximate surface area is 79.1 Å². The quantitative estimate of drug-likeness (QED) is 0.375. The second-order valence-electron chi connectivity index (χ2n) is 2.37. The molecule has 1 nitrogen and oxygen atoms in total. The van der Waals surface area contributed by atoms with Crippen molar-refractivity contribution in [2.75, 3.05) is 0 Å². The molecule has 0 unspecified atom stereocenters. The van der Waals surface area contributed by atoms with Crippen molar-refractivity contribution in [1.82, 2.24) is 0 Å². The molecule has 0 aliphatic rings. The normalized spacial score (nSPS) is 8.70. The van der Waals surface area contributed by atoms with Gasteiger partial charge in [0, 0.05) is 26.0 Å². The van der Waals surface area contributed by atoms with Gasteiger partial charge in [-0.1, -0.05) is 0 Å². The van der Waals surface area contributed by atoms with Crippen LogP contribution in [0.25, 0.3) is 0 Å². The van der Waals surface area contributed by atoms with Crippen molar-refractivity contribution in [3.63, 3.8) is 0 Å². The van der Waals surface area contributed by atoms with Gasteiger partial charge in [-0.15, -0.1) is 0 Å². The molecule has 0 saturated carbocycles. The Bertz CT molecular complexity index is 200. The summed E-state index contributed by atoms with van der Waals surface area (Å²) in [7, 11) is 2.07. The first kappa shape index (κ1) is 9.88. The minimum atomic E-state index is 0. The number of aromatic nitrogens is 1.